The van der Waals surface area contributed by atoms with Crippen molar-refractivity contribution in [1.29, 1.82) is 0 Å². The summed E-state index contributed by atoms with van der Waals surface area (Å²) in [5.41, 5.74) is 11.5. The van der Waals surface area contributed by atoms with Crippen LogP contribution in [0.15, 0.2) is 12.3 Å². The molecule has 0 aromatic carbocycles. The molecule has 2 rings (SSSR count). The number of nitrogens with zero attached hydrogens (tertiary/aromatic N) is 1. The summed E-state index contributed by atoms with van der Waals surface area (Å²) in [7, 11) is 0. The zero-order valence-corrected chi connectivity index (χ0v) is 11.2. The van der Waals surface area contributed by atoms with Crippen LogP contribution in [-0.4, -0.2) is 28.4 Å². The van der Waals surface area contributed by atoms with Crippen LogP contribution < -0.4 is 16.8 Å². The molecule has 0 aliphatic heterocycles. The molecule has 6 heteroatoms. The molecule has 5 nitrogen and oxygen atoms in total. The molecule has 0 bridgehead atoms. The Morgan fingerprint density at radius 2 is 2.33 bits per heavy atom. The number of nitrogen functional groups attached to an aromatic ring is 1. The second-order valence-corrected chi connectivity index (χ2v) is 5.89. The lowest BCUT2D eigenvalue weighted by Gasteiger charge is -2.40. The summed E-state index contributed by atoms with van der Waals surface area (Å²) in [4.78, 5) is 15.3. The van der Waals surface area contributed by atoms with Crippen LogP contribution in [0.1, 0.15) is 29.6 Å². The minimum atomic E-state index is -0.527. The van der Waals surface area contributed by atoms with Gasteiger partial charge in [-0.25, -0.2) is 4.98 Å². The number of carbonyl (C=O) groups is 1. The zero-order chi connectivity index (χ0) is 13.2. The van der Waals surface area contributed by atoms with Gasteiger partial charge in [-0.2, -0.15) is 11.8 Å². The Balaban J connectivity index is 2.06. The first kappa shape index (κ1) is 13.0. The minimum absolute atomic E-state index is 0.315. The van der Waals surface area contributed by atoms with Crippen molar-refractivity contribution in [2.75, 3.05) is 23.9 Å². The molecule has 1 aromatic rings. The molecule has 1 aromatic heterocycles. The predicted molar refractivity (Wildman–Crippen MR) is 75.8 cm³/mol. The van der Waals surface area contributed by atoms with Crippen molar-refractivity contribution in [3.63, 3.8) is 0 Å². The molecule has 5 N–H and O–H groups in total. The van der Waals surface area contributed by atoms with Gasteiger partial charge >= 0.3 is 0 Å². The molecule has 18 heavy (non-hydrogen) atoms. The van der Waals surface area contributed by atoms with Crippen molar-refractivity contribution in [2.24, 2.45) is 5.73 Å². The second-order valence-electron chi connectivity index (χ2n) is 4.62. The number of carbonyl (C=O) groups excluding carboxylic acids is 1. The second kappa shape index (κ2) is 5.06. The number of hydrogen-bond acceptors (Lipinski definition) is 5. The number of thioether (sulfide) groups is 1. The minimum Gasteiger partial charge on any atom is -0.397 e. The standard InChI is InChI=1S/C12H18N4OS/c1-18-12(3-2-4-12)7-16-10-5-8(11(14)17)9(13)6-15-10/h5-6H,2-4,7,13H2,1H3,(H2,14,17)(H,15,16). The summed E-state index contributed by atoms with van der Waals surface area (Å²) in [5.74, 6) is 0.125. The first-order valence-corrected chi connectivity index (χ1v) is 7.13. The third kappa shape index (κ3) is 2.53. The third-order valence-electron chi connectivity index (χ3n) is 3.49. The van der Waals surface area contributed by atoms with Crippen LogP contribution in [0.2, 0.25) is 0 Å². The number of pyridine rings is 1. The smallest absolute Gasteiger partial charge is 0.250 e. The lowest BCUT2D eigenvalue weighted by molar-refractivity contribution is 0.100. The van der Waals surface area contributed by atoms with Gasteiger partial charge in [0.25, 0.3) is 5.91 Å². The molecule has 1 aliphatic rings. The SMILES string of the molecule is CSC1(CNc2cc(C(N)=O)c(N)cn2)CCC1. The summed E-state index contributed by atoms with van der Waals surface area (Å²) in [6.45, 7) is 0.850. The van der Waals surface area contributed by atoms with E-state index in [0.29, 0.717) is 21.8 Å². The largest absolute Gasteiger partial charge is 0.397 e. The molecule has 1 aliphatic carbocycles. The number of anilines is 2. The van der Waals surface area contributed by atoms with E-state index in [-0.39, 0.29) is 0 Å². The van der Waals surface area contributed by atoms with E-state index in [2.05, 4.69) is 16.6 Å². The normalized spacial score (nSPS) is 16.9. The summed E-state index contributed by atoms with van der Waals surface area (Å²) in [6.07, 6.45) is 7.32. The van der Waals surface area contributed by atoms with Gasteiger partial charge < -0.3 is 16.8 Å². The maximum Gasteiger partial charge on any atom is 0.250 e. The quantitative estimate of drug-likeness (QED) is 0.750. The van der Waals surface area contributed by atoms with E-state index in [0.717, 1.165) is 6.54 Å². The molecule has 1 amide bonds. The molecular weight excluding hydrogens is 248 g/mol. The van der Waals surface area contributed by atoms with Crippen LogP contribution in [-0.2, 0) is 0 Å². The van der Waals surface area contributed by atoms with Gasteiger partial charge in [-0.15, -0.1) is 0 Å². The van der Waals surface area contributed by atoms with Crippen LogP contribution in [0.5, 0.6) is 0 Å². The van der Waals surface area contributed by atoms with E-state index < -0.39 is 5.91 Å². The average Bonchev–Trinajstić information content (AvgIpc) is 2.30. The molecule has 0 saturated heterocycles. The van der Waals surface area contributed by atoms with Crippen LogP contribution in [0.4, 0.5) is 11.5 Å². The highest BCUT2D eigenvalue weighted by Gasteiger charge is 2.35. The van der Waals surface area contributed by atoms with E-state index in [1.165, 1.54) is 25.5 Å². The fraction of sp³-hybridized carbons (Fsp3) is 0.500. The molecular formula is C12H18N4OS. The zero-order valence-electron chi connectivity index (χ0n) is 10.4. The Morgan fingerprint density at radius 3 is 2.83 bits per heavy atom. The van der Waals surface area contributed by atoms with Gasteiger partial charge in [-0.3, -0.25) is 4.79 Å². The van der Waals surface area contributed by atoms with E-state index in [1.54, 1.807) is 6.07 Å². The highest BCUT2D eigenvalue weighted by Crippen LogP contribution is 2.42. The Morgan fingerprint density at radius 1 is 1.61 bits per heavy atom. The van der Waals surface area contributed by atoms with Gasteiger partial charge in [0.15, 0.2) is 0 Å². The number of hydrogen-bond donors (Lipinski definition) is 3. The van der Waals surface area contributed by atoms with Crippen molar-refractivity contribution >= 4 is 29.2 Å². The summed E-state index contributed by atoms with van der Waals surface area (Å²) in [5, 5.41) is 3.27. The van der Waals surface area contributed by atoms with Crippen molar-refractivity contribution in [3.8, 4) is 0 Å². The van der Waals surface area contributed by atoms with Crippen LogP contribution in [0.25, 0.3) is 0 Å². The Labute approximate surface area is 111 Å². The lowest BCUT2D eigenvalue weighted by Crippen LogP contribution is -2.40. The maximum atomic E-state index is 11.2. The monoisotopic (exact) mass is 266 g/mol. The topological polar surface area (TPSA) is 94.0 Å². The van der Waals surface area contributed by atoms with Gasteiger partial charge in [-0.1, -0.05) is 6.42 Å². The fourth-order valence-electron chi connectivity index (χ4n) is 2.05. The number of nitrogens with two attached hydrogens (primary N) is 2. The summed E-state index contributed by atoms with van der Waals surface area (Å²) < 4.78 is 0.315. The van der Waals surface area contributed by atoms with Gasteiger partial charge in [0.1, 0.15) is 5.82 Å². The lowest BCUT2D eigenvalue weighted by atomic mass is 9.84. The third-order valence-corrected chi connectivity index (χ3v) is 4.91. The first-order valence-electron chi connectivity index (χ1n) is 5.91. The average molecular weight is 266 g/mol. The Kier molecular flexibility index (Phi) is 3.65. The molecule has 0 radical (unpaired) electrons. The van der Waals surface area contributed by atoms with E-state index in [4.69, 9.17) is 11.5 Å². The molecule has 1 heterocycles. The number of rotatable bonds is 5. The van der Waals surface area contributed by atoms with Crippen molar-refractivity contribution in [1.82, 2.24) is 4.98 Å². The highest BCUT2D eigenvalue weighted by molar-refractivity contribution is 8.00. The number of aromatic nitrogens is 1. The van der Waals surface area contributed by atoms with Gasteiger partial charge in [-0.05, 0) is 25.2 Å². The van der Waals surface area contributed by atoms with Crippen LogP contribution in [0.3, 0.4) is 0 Å². The Bertz CT molecular complexity index is 454. The maximum absolute atomic E-state index is 11.2. The van der Waals surface area contributed by atoms with E-state index in [1.807, 2.05) is 11.8 Å². The van der Waals surface area contributed by atoms with Gasteiger partial charge in [0.05, 0.1) is 17.4 Å². The van der Waals surface area contributed by atoms with E-state index >= 15 is 0 Å². The van der Waals surface area contributed by atoms with Gasteiger partial charge in [0.2, 0.25) is 0 Å². The molecule has 0 atom stereocenters. The molecule has 1 fully saturated rings. The predicted octanol–water partition coefficient (Wildman–Crippen LogP) is 1.46. The highest BCUT2D eigenvalue weighted by atomic mass is 32.2. The summed E-state index contributed by atoms with van der Waals surface area (Å²) >= 11 is 1.89. The molecule has 0 spiro atoms. The first-order chi connectivity index (χ1) is 8.56. The van der Waals surface area contributed by atoms with Crippen LogP contribution in [0, 0.1) is 0 Å². The number of nitrogens with one attached hydrogen (secondary N) is 1. The molecule has 98 valence electrons. The van der Waals surface area contributed by atoms with Crippen molar-refractivity contribution in [3.05, 3.63) is 17.8 Å². The molecule has 1 saturated carbocycles. The van der Waals surface area contributed by atoms with E-state index in [9.17, 15) is 4.79 Å². The van der Waals surface area contributed by atoms with Crippen LogP contribution >= 0.6 is 11.8 Å². The Hall–Kier alpha value is -1.43. The number of primary amides is 1. The van der Waals surface area contributed by atoms with Crippen molar-refractivity contribution in [2.45, 2.75) is 24.0 Å². The number of amides is 1. The summed E-state index contributed by atoms with van der Waals surface area (Å²) in [6, 6.07) is 1.62. The fourth-order valence-corrected chi connectivity index (χ4v) is 2.97. The van der Waals surface area contributed by atoms with Gasteiger partial charge in [0, 0.05) is 11.3 Å². The van der Waals surface area contributed by atoms with Crippen molar-refractivity contribution < 1.29 is 4.79 Å². The molecule has 0 unspecified atom stereocenters.